The van der Waals surface area contributed by atoms with Gasteiger partial charge in [-0.15, -0.1) is 0 Å². The molecule has 0 aliphatic rings. The molecular formula is C16H15Cl2NO2. The molecule has 0 saturated carbocycles. The number of para-hydroxylation sites is 1. The number of hydrogen-bond donors (Lipinski definition) is 1. The molecular weight excluding hydrogens is 309 g/mol. The zero-order chi connectivity index (χ0) is 15.4. The van der Waals surface area contributed by atoms with Gasteiger partial charge in [-0.1, -0.05) is 41.4 Å². The predicted molar refractivity (Wildman–Crippen MR) is 86.6 cm³/mol. The first-order chi connectivity index (χ1) is 9.99. The second-order valence-electron chi connectivity index (χ2n) is 4.72. The fourth-order valence-electron chi connectivity index (χ4n) is 1.80. The fourth-order valence-corrected chi connectivity index (χ4v) is 2.15. The van der Waals surface area contributed by atoms with E-state index in [0.717, 1.165) is 0 Å². The molecule has 2 rings (SSSR count). The zero-order valence-corrected chi connectivity index (χ0v) is 13.2. The highest BCUT2D eigenvalue weighted by molar-refractivity contribution is 6.44. The van der Waals surface area contributed by atoms with E-state index in [1.54, 1.807) is 36.4 Å². The third-order valence-electron chi connectivity index (χ3n) is 2.69. The van der Waals surface area contributed by atoms with Crippen molar-refractivity contribution < 1.29 is 9.53 Å². The molecule has 0 spiro atoms. The minimum atomic E-state index is -0.296. The number of benzene rings is 2. The van der Waals surface area contributed by atoms with Gasteiger partial charge in [-0.05, 0) is 38.1 Å². The number of carbonyl (C=O) groups is 1. The highest BCUT2D eigenvalue weighted by atomic mass is 35.5. The Kier molecular flexibility index (Phi) is 5.10. The molecule has 0 saturated heterocycles. The van der Waals surface area contributed by atoms with Gasteiger partial charge in [-0.2, -0.15) is 0 Å². The van der Waals surface area contributed by atoms with E-state index in [1.165, 1.54) is 0 Å². The second kappa shape index (κ2) is 6.83. The van der Waals surface area contributed by atoms with E-state index >= 15 is 0 Å². The molecule has 1 amide bonds. The first-order valence-electron chi connectivity index (χ1n) is 6.50. The summed E-state index contributed by atoms with van der Waals surface area (Å²) in [4.78, 5) is 12.4. The number of carbonyl (C=O) groups excluding carboxylic acids is 1. The van der Waals surface area contributed by atoms with E-state index in [-0.39, 0.29) is 12.0 Å². The molecule has 0 atom stereocenters. The van der Waals surface area contributed by atoms with Crippen molar-refractivity contribution in [2.45, 2.75) is 20.0 Å². The van der Waals surface area contributed by atoms with Crippen molar-refractivity contribution in [2.75, 3.05) is 5.32 Å². The Labute approximate surface area is 133 Å². The highest BCUT2D eigenvalue weighted by Crippen LogP contribution is 2.30. The first kappa shape index (κ1) is 15.7. The van der Waals surface area contributed by atoms with Crippen molar-refractivity contribution in [1.29, 1.82) is 0 Å². The van der Waals surface area contributed by atoms with Crippen LogP contribution in [0, 0.1) is 0 Å². The van der Waals surface area contributed by atoms with Crippen LogP contribution in [0.25, 0.3) is 0 Å². The van der Waals surface area contributed by atoms with Crippen LogP contribution in [0.2, 0.25) is 10.0 Å². The normalized spacial score (nSPS) is 10.5. The molecule has 0 aliphatic heterocycles. The Morgan fingerprint density at radius 3 is 2.52 bits per heavy atom. The van der Waals surface area contributed by atoms with Crippen LogP contribution in [-0.2, 0) is 0 Å². The molecule has 0 aliphatic carbocycles. The smallest absolute Gasteiger partial charge is 0.259 e. The largest absolute Gasteiger partial charge is 0.490 e. The van der Waals surface area contributed by atoms with Gasteiger partial charge in [0.15, 0.2) is 0 Å². The lowest BCUT2D eigenvalue weighted by atomic mass is 10.1. The van der Waals surface area contributed by atoms with E-state index < -0.39 is 0 Å². The Morgan fingerprint density at radius 1 is 1.10 bits per heavy atom. The SMILES string of the molecule is CC(C)Oc1ccccc1C(=O)Nc1cccc(Cl)c1Cl. The molecule has 1 N–H and O–H groups in total. The summed E-state index contributed by atoms with van der Waals surface area (Å²) in [5.41, 5.74) is 0.913. The van der Waals surface area contributed by atoms with Crippen LogP contribution in [0.5, 0.6) is 5.75 Å². The molecule has 0 bridgehead atoms. The minimum Gasteiger partial charge on any atom is -0.490 e. The molecule has 3 nitrogen and oxygen atoms in total. The van der Waals surface area contributed by atoms with Gasteiger partial charge in [-0.3, -0.25) is 4.79 Å². The third-order valence-corrected chi connectivity index (χ3v) is 3.51. The van der Waals surface area contributed by atoms with Gasteiger partial charge in [0.05, 0.1) is 27.4 Å². The number of amides is 1. The summed E-state index contributed by atoms with van der Waals surface area (Å²) in [6.07, 6.45) is -0.0197. The molecule has 0 unspecified atom stereocenters. The molecule has 0 fully saturated rings. The van der Waals surface area contributed by atoms with Crippen molar-refractivity contribution in [1.82, 2.24) is 0 Å². The summed E-state index contributed by atoms with van der Waals surface area (Å²) in [5, 5.41) is 3.45. The van der Waals surface area contributed by atoms with Crippen LogP contribution in [0.1, 0.15) is 24.2 Å². The van der Waals surface area contributed by atoms with Crippen LogP contribution < -0.4 is 10.1 Å². The van der Waals surface area contributed by atoms with Gasteiger partial charge in [0.2, 0.25) is 0 Å². The average Bonchev–Trinajstić information content (AvgIpc) is 2.44. The van der Waals surface area contributed by atoms with Gasteiger partial charge in [0.1, 0.15) is 5.75 Å². The molecule has 0 radical (unpaired) electrons. The zero-order valence-electron chi connectivity index (χ0n) is 11.7. The maximum Gasteiger partial charge on any atom is 0.259 e. The minimum absolute atomic E-state index is 0.0197. The van der Waals surface area contributed by atoms with Crippen molar-refractivity contribution in [2.24, 2.45) is 0 Å². The Morgan fingerprint density at radius 2 is 1.81 bits per heavy atom. The van der Waals surface area contributed by atoms with Gasteiger partial charge in [0, 0.05) is 0 Å². The van der Waals surface area contributed by atoms with E-state index in [9.17, 15) is 4.79 Å². The summed E-state index contributed by atoms with van der Waals surface area (Å²) in [7, 11) is 0. The fraction of sp³-hybridized carbons (Fsp3) is 0.188. The van der Waals surface area contributed by atoms with E-state index in [0.29, 0.717) is 27.0 Å². The lowest BCUT2D eigenvalue weighted by molar-refractivity contribution is 0.102. The molecule has 2 aromatic rings. The lowest BCUT2D eigenvalue weighted by Crippen LogP contribution is -2.15. The standard InChI is InChI=1S/C16H15Cl2NO2/c1-10(2)21-14-9-4-3-6-11(14)16(20)19-13-8-5-7-12(17)15(13)18/h3-10H,1-2H3,(H,19,20). The van der Waals surface area contributed by atoms with Crippen LogP contribution in [-0.4, -0.2) is 12.0 Å². The van der Waals surface area contributed by atoms with Gasteiger partial charge < -0.3 is 10.1 Å². The molecule has 2 aromatic carbocycles. The number of anilines is 1. The quantitative estimate of drug-likeness (QED) is 0.856. The summed E-state index contributed by atoms with van der Waals surface area (Å²) in [6.45, 7) is 3.81. The topological polar surface area (TPSA) is 38.3 Å². The molecule has 21 heavy (non-hydrogen) atoms. The average molecular weight is 324 g/mol. The van der Waals surface area contributed by atoms with Crippen LogP contribution >= 0.6 is 23.2 Å². The van der Waals surface area contributed by atoms with Crippen LogP contribution in [0.15, 0.2) is 42.5 Å². The number of nitrogens with one attached hydrogen (secondary N) is 1. The molecule has 0 heterocycles. The monoisotopic (exact) mass is 323 g/mol. The van der Waals surface area contributed by atoms with Crippen LogP contribution in [0.4, 0.5) is 5.69 Å². The van der Waals surface area contributed by atoms with E-state index in [1.807, 2.05) is 19.9 Å². The van der Waals surface area contributed by atoms with Gasteiger partial charge in [-0.25, -0.2) is 0 Å². The summed E-state index contributed by atoms with van der Waals surface area (Å²) in [5.74, 6) is 0.235. The number of rotatable bonds is 4. The maximum absolute atomic E-state index is 12.4. The van der Waals surface area contributed by atoms with Crippen molar-refractivity contribution in [3.8, 4) is 5.75 Å². The highest BCUT2D eigenvalue weighted by Gasteiger charge is 2.15. The predicted octanol–water partition coefficient (Wildman–Crippen LogP) is 5.03. The van der Waals surface area contributed by atoms with Gasteiger partial charge in [0.25, 0.3) is 5.91 Å². The summed E-state index contributed by atoms with van der Waals surface area (Å²) < 4.78 is 5.64. The third kappa shape index (κ3) is 3.90. The van der Waals surface area contributed by atoms with Crippen molar-refractivity contribution >= 4 is 34.8 Å². The van der Waals surface area contributed by atoms with E-state index in [4.69, 9.17) is 27.9 Å². The maximum atomic E-state index is 12.4. The second-order valence-corrected chi connectivity index (χ2v) is 5.50. The Balaban J connectivity index is 2.27. The number of halogens is 2. The molecule has 0 aromatic heterocycles. The summed E-state index contributed by atoms with van der Waals surface area (Å²) in [6, 6.07) is 12.1. The van der Waals surface area contributed by atoms with E-state index in [2.05, 4.69) is 5.32 Å². The molecule has 110 valence electrons. The van der Waals surface area contributed by atoms with Crippen molar-refractivity contribution in [3.05, 3.63) is 58.1 Å². The Bertz CT molecular complexity index is 656. The summed E-state index contributed by atoms with van der Waals surface area (Å²) >= 11 is 12.0. The first-order valence-corrected chi connectivity index (χ1v) is 7.25. The number of hydrogen-bond acceptors (Lipinski definition) is 2. The van der Waals surface area contributed by atoms with Crippen molar-refractivity contribution in [3.63, 3.8) is 0 Å². The van der Waals surface area contributed by atoms with Gasteiger partial charge >= 0.3 is 0 Å². The number of ether oxygens (including phenoxy) is 1. The Hall–Kier alpha value is -1.71. The lowest BCUT2D eigenvalue weighted by Gasteiger charge is -2.14. The van der Waals surface area contributed by atoms with Crippen LogP contribution in [0.3, 0.4) is 0 Å². The molecule has 5 heteroatoms.